The summed E-state index contributed by atoms with van der Waals surface area (Å²) >= 11 is 1.72. The molecule has 104 valence electrons. The minimum Gasteiger partial charge on any atom is -0.319 e. The van der Waals surface area contributed by atoms with E-state index in [1.165, 1.54) is 17.7 Å². The van der Waals surface area contributed by atoms with Crippen LogP contribution in [0.25, 0.3) is 0 Å². The van der Waals surface area contributed by atoms with E-state index in [1.807, 2.05) is 11.8 Å². The van der Waals surface area contributed by atoms with Crippen molar-refractivity contribution in [1.29, 1.82) is 0 Å². The number of hydrogen-bond donors (Lipinski definition) is 1. The SMILES string of the molecule is CC1NC(c2cccs2)N(CC2CCCN2C)C1=O. The van der Waals surface area contributed by atoms with E-state index in [4.69, 9.17) is 0 Å². The van der Waals surface area contributed by atoms with Gasteiger partial charge in [0.05, 0.1) is 6.04 Å². The van der Waals surface area contributed by atoms with Crippen LogP contribution in [0.15, 0.2) is 17.5 Å². The summed E-state index contributed by atoms with van der Waals surface area (Å²) in [5, 5.41) is 5.49. The van der Waals surface area contributed by atoms with E-state index in [-0.39, 0.29) is 18.1 Å². The maximum Gasteiger partial charge on any atom is 0.241 e. The lowest BCUT2D eigenvalue weighted by atomic mass is 10.2. The molecule has 2 aliphatic rings. The van der Waals surface area contributed by atoms with Crippen LogP contribution in [-0.4, -0.2) is 47.9 Å². The van der Waals surface area contributed by atoms with Gasteiger partial charge in [-0.3, -0.25) is 10.1 Å². The molecule has 3 heterocycles. The first-order valence-electron chi connectivity index (χ1n) is 6.97. The molecule has 3 atom stereocenters. The van der Waals surface area contributed by atoms with Crippen molar-refractivity contribution in [2.24, 2.45) is 0 Å². The maximum absolute atomic E-state index is 12.4. The molecule has 0 aromatic carbocycles. The van der Waals surface area contributed by atoms with Crippen molar-refractivity contribution < 1.29 is 4.79 Å². The molecule has 4 nitrogen and oxygen atoms in total. The van der Waals surface area contributed by atoms with Crippen LogP contribution in [-0.2, 0) is 4.79 Å². The molecule has 1 aromatic heterocycles. The average Bonchev–Trinajstić information content (AvgIpc) is 3.08. The number of rotatable bonds is 3. The third-order valence-electron chi connectivity index (χ3n) is 4.26. The second kappa shape index (κ2) is 5.23. The second-order valence-corrected chi connectivity index (χ2v) is 6.55. The Labute approximate surface area is 118 Å². The van der Waals surface area contributed by atoms with Crippen molar-refractivity contribution in [3.8, 4) is 0 Å². The van der Waals surface area contributed by atoms with Crippen molar-refractivity contribution in [1.82, 2.24) is 15.1 Å². The van der Waals surface area contributed by atoms with E-state index in [2.05, 4.69) is 34.8 Å². The van der Waals surface area contributed by atoms with Crippen LogP contribution in [0, 0.1) is 0 Å². The highest BCUT2D eigenvalue weighted by molar-refractivity contribution is 7.10. The number of nitrogens with zero attached hydrogens (tertiary/aromatic N) is 2. The monoisotopic (exact) mass is 279 g/mol. The highest BCUT2D eigenvalue weighted by atomic mass is 32.1. The fourth-order valence-electron chi connectivity index (χ4n) is 3.09. The topological polar surface area (TPSA) is 35.6 Å². The summed E-state index contributed by atoms with van der Waals surface area (Å²) in [4.78, 5) is 18.0. The second-order valence-electron chi connectivity index (χ2n) is 5.57. The van der Waals surface area contributed by atoms with Crippen molar-refractivity contribution >= 4 is 17.2 Å². The Morgan fingerprint density at radius 1 is 1.53 bits per heavy atom. The van der Waals surface area contributed by atoms with Crippen LogP contribution in [0.2, 0.25) is 0 Å². The van der Waals surface area contributed by atoms with Crippen LogP contribution < -0.4 is 5.32 Å². The highest BCUT2D eigenvalue weighted by Gasteiger charge is 2.39. The number of amides is 1. The van der Waals surface area contributed by atoms with Crippen LogP contribution >= 0.6 is 11.3 Å². The summed E-state index contributed by atoms with van der Waals surface area (Å²) in [6.45, 7) is 3.95. The summed E-state index contributed by atoms with van der Waals surface area (Å²) in [7, 11) is 2.16. The first kappa shape index (κ1) is 13.1. The van der Waals surface area contributed by atoms with E-state index in [0.717, 1.165) is 13.1 Å². The number of likely N-dealkylation sites (tertiary alicyclic amines) is 1. The van der Waals surface area contributed by atoms with E-state index in [0.29, 0.717) is 6.04 Å². The molecule has 2 aliphatic heterocycles. The van der Waals surface area contributed by atoms with Crippen LogP contribution in [0.5, 0.6) is 0 Å². The third kappa shape index (κ3) is 2.42. The van der Waals surface area contributed by atoms with Gasteiger partial charge in [0, 0.05) is 17.5 Å². The van der Waals surface area contributed by atoms with E-state index in [9.17, 15) is 4.79 Å². The summed E-state index contributed by atoms with van der Waals surface area (Å²) in [5.74, 6) is 0.235. The molecule has 1 N–H and O–H groups in total. The van der Waals surface area contributed by atoms with Gasteiger partial charge < -0.3 is 9.80 Å². The Balaban J connectivity index is 1.78. The molecule has 19 heavy (non-hydrogen) atoms. The van der Waals surface area contributed by atoms with Crippen LogP contribution in [0.3, 0.4) is 0 Å². The molecule has 3 rings (SSSR count). The van der Waals surface area contributed by atoms with Crippen molar-refractivity contribution in [3.05, 3.63) is 22.4 Å². The van der Waals surface area contributed by atoms with Gasteiger partial charge in [-0.1, -0.05) is 6.07 Å². The van der Waals surface area contributed by atoms with Gasteiger partial charge in [0.2, 0.25) is 5.91 Å². The lowest BCUT2D eigenvalue weighted by molar-refractivity contribution is -0.130. The molecule has 1 aromatic rings. The van der Waals surface area contributed by atoms with Gasteiger partial charge in [0.25, 0.3) is 0 Å². The lowest BCUT2D eigenvalue weighted by Crippen LogP contribution is -2.41. The van der Waals surface area contributed by atoms with E-state index >= 15 is 0 Å². The van der Waals surface area contributed by atoms with Gasteiger partial charge in [-0.25, -0.2) is 0 Å². The van der Waals surface area contributed by atoms with Gasteiger partial charge in [0.1, 0.15) is 6.17 Å². The average molecular weight is 279 g/mol. The van der Waals surface area contributed by atoms with Crippen molar-refractivity contribution in [3.63, 3.8) is 0 Å². The summed E-state index contributed by atoms with van der Waals surface area (Å²) in [6.07, 6.45) is 2.51. The third-order valence-corrected chi connectivity index (χ3v) is 5.19. The first-order valence-corrected chi connectivity index (χ1v) is 7.85. The van der Waals surface area contributed by atoms with Gasteiger partial charge in [-0.2, -0.15) is 0 Å². The van der Waals surface area contributed by atoms with Gasteiger partial charge in [0.15, 0.2) is 0 Å². The van der Waals surface area contributed by atoms with Gasteiger partial charge >= 0.3 is 0 Å². The molecular weight excluding hydrogens is 258 g/mol. The Hall–Kier alpha value is -0.910. The molecule has 0 spiro atoms. The molecular formula is C14H21N3OS. The Morgan fingerprint density at radius 3 is 3.00 bits per heavy atom. The predicted molar refractivity (Wildman–Crippen MR) is 77.0 cm³/mol. The molecule has 0 aliphatic carbocycles. The van der Waals surface area contributed by atoms with E-state index < -0.39 is 0 Å². The Kier molecular flexibility index (Phi) is 3.60. The molecule has 5 heteroatoms. The van der Waals surface area contributed by atoms with Gasteiger partial charge in [-0.05, 0) is 44.8 Å². The minimum absolute atomic E-state index is 0.0662. The van der Waals surface area contributed by atoms with Crippen LogP contribution in [0.1, 0.15) is 30.8 Å². The van der Waals surface area contributed by atoms with E-state index in [1.54, 1.807) is 11.3 Å². The highest BCUT2D eigenvalue weighted by Crippen LogP contribution is 2.30. The number of carbonyl (C=O) groups excluding carboxylic acids is 1. The maximum atomic E-state index is 12.4. The molecule has 2 saturated heterocycles. The smallest absolute Gasteiger partial charge is 0.241 e. The first-order chi connectivity index (χ1) is 9.16. The number of likely N-dealkylation sites (N-methyl/N-ethyl adjacent to an activating group) is 1. The molecule has 1 amide bonds. The summed E-state index contributed by atoms with van der Waals surface area (Å²) in [6, 6.07) is 4.60. The molecule has 0 saturated carbocycles. The summed E-state index contributed by atoms with van der Waals surface area (Å²) in [5.41, 5.74) is 0. The number of carbonyl (C=O) groups is 1. The van der Waals surface area contributed by atoms with Crippen molar-refractivity contribution in [2.75, 3.05) is 20.1 Å². The predicted octanol–water partition coefficient (Wildman–Crippen LogP) is 1.66. The Bertz CT molecular complexity index is 448. The number of hydrogen-bond acceptors (Lipinski definition) is 4. The Morgan fingerprint density at radius 2 is 2.37 bits per heavy atom. The lowest BCUT2D eigenvalue weighted by Gasteiger charge is -2.29. The number of thiophene rings is 1. The molecule has 2 fully saturated rings. The fraction of sp³-hybridized carbons (Fsp3) is 0.643. The quantitative estimate of drug-likeness (QED) is 0.914. The molecule has 0 radical (unpaired) electrons. The fourth-order valence-corrected chi connectivity index (χ4v) is 3.88. The molecule has 0 bridgehead atoms. The zero-order valence-corrected chi connectivity index (χ0v) is 12.3. The number of nitrogens with one attached hydrogen (secondary N) is 1. The minimum atomic E-state index is -0.0705. The standard InChI is InChI=1S/C14H21N3OS/c1-10-14(18)17(9-11-5-3-7-16(11)2)13(15-10)12-6-4-8-19-12/h4,6,8,10-11,13,15H,3,5,7,9H2,1-2H3. The normalized spacial score (nSPS) is 32.4. The summed E-state index contributed by atoms with van der Waals surface area (Å²) < 4.78 is 0. The zero-order chi connectivity index (χ0) is 13.4. The molecule has 3 unspecified atom stereocenters. The van der Waals surface area contributed by atoms with Gasteiger partial charge in [-0.15, -0.1) is 11.3 Å². The van der Waals surface area contributed by atoms with Crippen LogP contribution in [0.4, 0.5) is 0 Å². The largest absolute Gasteiger partial charge is 0.319 e. The zero-order valence-electron chi connectivity index (χ0n) is 11.5. The van der Waals surface area contributed by atoms with Crippen molar-refractivity contribution in [2.45, 2.75) is 38.0 Å².